The molecule has 30 heavy (non-hydrogen) atoms. The maximum atomic E-state index is 12.8. The zero-order valence-corrected chi connectivity index (χ0v) is 18.1. The Balaban J connectivity index is 1.47. The number of anilines is 2. The van der Waals surface area contributed by atoms with Crippen LogP contribution < -0.4 is 5.32 Å². The molecule has 0 aromatic carbocycles. The maximum absolute atomic E-state index is 12.8. The molecule has 0 spiro atoms. The van der Waals surface area contributed by atoms with Gasteiger partial charge in [0, 0.05) is 42.0 Å². The topological polar surface area (TPSA) is 75.4 Å². The highest BCUT2D eigenvalue weighted by Crippen LogP contribution is 2.40. The predicted octanol–water partition coefficient (Wildman–Crippen LogP) is 4.05. The lowest BCUT2D eigenvalue weighted by Crippen LogP contribution is -2.39. The summed E-state index contributed by atoms with van der Waals surface area (Å²) in [6.07, 6.45) is 7.85. The Labute approximate surface area is 178 Å². The van der Waals surface area contributed by atoms with Gasteiger partial charge in [0.1, 0.15) is 17.0 Å². The smallest absolute Gasteiger partial charge is 0.226 e. The van der Waals surface area contributed by atoms with Gasteiger partial charge in [0.25, 0.3) is 0 Å². The zero-order valence-electron chi connectivity index (χ0n) is 17.3. The summed E-state index contributed by atoms with van der Waals surface area (Å²) in [5, 5.41) is 8.81. The highest BCUT2D eigenvalue weighted by molar-refractivity contribution is 7.19. The Morgan fingerprint density at radius 2 is 2.20 bits per heavy atom. The number of pyridine rings is 1. The number of nitrogens with one attached hydrogen (secondary N) is 1. The number of hydrogen-bond acceptors (Lipinski definition) is 6. The number of rotatable bonds is 4. The second-order valence-corrected chi connectivity index (χ2v) is 9.21. The summed E-state index contributed by atoms with van der Waals surface area (Å²) in [6, 6.07) is 6.23. The molecule has 1 atom stereocenters. The van der Waals surface area contributed by atoms with Gasteiger partial charge in [-0.1, -0.05) is 0 Å². The van der Waals surface area contributed by atoms with Crippen molar-refractivity contribution in [3.8, 4) is 0 Å². The lowest BCUT2D eigenvalue weighted by Gasteiger charge is -2.29. The molecule has 0 aliphatic heterocycles. The molecule has 1 N–H and O–H groups in total. The molecule has 4 aromatic rings. The van der Waals surface area contributed by atoms with E-state index in [2.05, 4.69) is 40.3 Å². The Morgan fingerprint density at radius 1 is 1.33 bits per heavy atom. The van der Waals surface area contributed by atoms with Crippen molar-refractivity contribution in [2.75, 3.05) is 12.4 Å². The van der Waals surface area contributed by atoms with Gasteiger partial charge < -0.3 is 10.2 Å². The number of thiophene rings is 1. The molecule has 1 unspecified atom stereocenters. The van der Waals surface area contributed by atoms with E-state index < -0.39 is 0 Å². The van der Waals surface area contributed by atoms with Crippen LogP contribution in [-0.2, 0) is 17.6 Å². The summed E-state index contributed by atoms with van der Waals surface area (Å²) in [4.78, 5) is 26.0. The van der Waals surface area contributed by atoms with Crippen molar-refractivity contribution in [1.82, 2.24) is 24.5 Å². The number of aromatic nitrogens is 4. The second kappa shape index (κ2) is 7.36. The molecule has 5 rings (SSSR count). The predicted molar refractivity (Wildman–Crippen MR) is 119 cm³/mol. The second-order valence-electron chi connectivity index (χ2n) is 8.13. The van der Waals surface area contributed by atoms with E-state index in [-0.39, 0.29) is 17.9 Å². The highest BCUT2D eigenvalue weighted by Gasteiger charge is 2.31. The Morgan fingerprint density at radius 3 is 3.03 bits per heavy atom. The molecule has 0 saturated heterocycles. The van der Waals surface area contributed by atoms with Crippen molar-refractivity contribution in [3.05, 3.63) is 47.4 Å². The van der Waals surface area contributed by atoms with Gasteiger partial charge in [0.2, 0.25) is 5.91 Å². The zero-order chi connectivity index (χ0) is 20.8. The van der Waals surface area contributed by atoms with E-state index in [1.807, 2.05) is 34.8 Å². The Kier molecular flexibility index (Phi) is 4.66. The van der Waals surface area contributed by atoms with Crippen LogP contribution in [0.2, 0.25) is 0 Å². The Hall–Kier alpha value is -3.00. The van der Waals surface area contributed by atoms with Crippen LogP contribution in [-0.4, -0.2) is 43.5 Å². The first-order valence-electron chi connectivity index (χ1n) is 10.2. The van der Waals surface area contributed by atoms with Crippen LogP contribution >= 0.6 is 11.3 Å². The number of aryl methyl sites for hydroxylation is 1. The molecule has 0 bridgehead atoms. The van der Waals surface area contributed by atoms with E-state index in [1.54, 1.807) is 23.9 Å². The van der Waals surface area contributed by atoms with E-state index in [9.17, 15) is 4.79 Å². The van der Waals surface area contributed by atoms with Crippen molar-refractivity contribution in [2.24, 2.45) is 5.92 Å². The molecular weight excluding hydrogens is 396 g/mol. The van der Waals surface area contributed by atoms with Crippen LogP contribution in [0.3, 0.4) is 0 Å². The van der Waals surface area contributed by atoms with Crippen LogP contribution in [0.15, 0.2) is 36.9 Å². The number of fused-ring (bicyclic) bond motifs is 4. The van der Waals surface area contributed by atoms with Gasteiger partial charge in [-0.25, -0.2) is 14.5 Å². The van der Waals surface area contributed by atoms with Crippen LogP contribution in [0.5, 0.6) is 0 Å². The van der Waals surface area contributed by atoms with Crippen molar-refractivity contribution >= 4 is 44.5 Å². The minimum absolute atomic E-state index is 0.0478. The molecule has 7 nitrogen and oxygen atoms in total. The van der Waals surface area contributed by atoms with Crippen molar-refractivity contribution in [3.63, 3.8) is 0 Å². The van der Waals surface area contributed by atoms with Crippen LogP contribution in [0.1, 0.15) is 30.7 Å². The molecule has 0 fully saturated rings. The van der Waals surface area contributed by atoms with E-state index >= 15 is 0 Å². The molecule has 1 amide bonds. The summed E-state index contributed by atoms with van der Waals surface area (Å²) >= 11 is 1.69. The van der Waals surface area contributed by atoms with E-state index in [0.717, 1.165) is 46.5 Å². The van der Waals surface area contributed by atoms with Crippen molar-refractivity contribution in [2.45, 2.75) is 39.2 Å². The lowest BCUT2D eigenvalue weighted by atomic mass is 9.86. The summed E-state index contributed by atoms with van der Waals surface area (Å²) in [5.74, 6) is 1.11. The number of amides is 1. The molecule has 4 aromatic heterocycles. The minimum Gasteiger partial charge on any atom is -0.343 e. The van der Waals surface area contributed by atoms with Crippen molar-refractivity contribution < 1.29 is 4.79 Å². The average molecular weight is 421 g/mol. The van der Waals surface area contributed by atoms with Crippen molar-refractivity contribution in [1.29, 1.82) is 0 Å². The lowest BCUT2D eigenvalue weighted by molar-refractivity contribution is -0.136. The molecular formula is C22H24N6OS. The number of hydrogen-bond donors (Lipinski definition) is 1. The third-order valence-electron chi connectivity index (χ3n) is 5.98. The monoisotopic (exact) mass is 420 g/mol. The number of nitrogens with zero attached hydrogens (tertiary/aromatic N) is 5. The first kappa shape index (κ1) is 19.0. The molecule has 1 aliphatic rings. The largest absolute Gasteiger partial charge is 0.343 e. The molecule has 1 aliphatic carbocycles. The first-order valence-corrected chi connectivity index (χ1v) is 11.0. The Bertz CT molecular complexity index is 1240. The van der Waals surface area contributed by atoms with E-state index in [4.69, 9.17) is 0 Å². The maximum Gasteiger partial charge on any atom is 0.226 e. The van der Waals surface area contributed by atoms with Gasteiger partial charge in [-0.2, -0.15) is 5.10 Å². The first-order chi connectivity index (χ1) is 14.5. The molecule has 0 radical (unpaired) electrons. The minimum atomic E-state index is 0.0478. The fraction of sp³-hybridized carbons (Fsp3) is 0.364. The normalized spacial score (nSPS) is 16.2. The van der Waals surface area contributed by atoms with Gasteiger partial charge in [-0.05, 0) is 56.9 Å². The fourth-order valence-corrected chi connectivity index (χ4v) is 5.36. The SMILES string of the molecule is CC(C)N(C)C(=O)C1CCc2c(sc3ncnc(Nc4ccn5nccc5c4)c23)C1. The standard InChI is InChI=1S/C22H24N6OS/c1-13(2)27(3)22(29)14-4-5-17-18(10-14)30-21-19(17)20(23-12-24-21)26-15-7-9-28-16(11-15)6-8-25-28/h6-9,11-14H,4-5,10H2,1-3H3,(H,23,24,26). The molecule has 4 heterocycles. The highest BCUT2D eigenvalue weighted by atomic mass is 32.1. The van der Waals surface area contributed by atoms with Crippen LogP contribution in [0.4, 0.5) is 11.5 Å². The van der Waals surface area contributed by atoms with Gasteiger partial charge >= 0.3 is 0 Å². The van der Waals surface area contributed by atoms with Gasteiger partial charge in [0.15, 0.2) is 0 Å². The fourth-order valence-electron chi connectivity index (χ4n) is 4.09. The number of carbonyl (C=O) groups excluding carboxylic acids is 1. The van der Waals surface area contributed by atoms with Gasteiger partial charge in [-0.15, -0.1) is 11.3 Å². The molecule has 154 valence electrons. The summed E-state index contributed by atoms with van der Waals surface area (Å²) < 4.78 is 1.83. The third kappa shape index (κ3) is 3.21. The van der Waals surface area contributed by atoms with Crippen LogP contribution in [0, 0.1) is 5.92 Å². The summed E-state index contributed by atoms with van der Waals surface area (Å²) in [6.45, 7) is 4.11. The van der Waals surface area contributed by atoms with Crippen LogP contribution in [0.25, 0.3) is 15.7 Å². The summed E-state index contributed by atoms with van der Waals surface area (Å²) in [5.41, 5.74) is 3.28. The summed E-state index contributed by atoms with van der Waals surface area (Å²) in [7, 11) is 1.90. The van der Waals surface area contributed by atoms with E-state index in [0.29, 0.717) is 0 Å². The molecule has 8 heteroatoms. The average Bonchev–Trinajstić information content (AvgIpc) is 3.36. The van der Waals surface area contributed by atoms with Gasteiger partial charge in [-0.3, -0.25) is 4.79 Å². The molecule has 0 saturated carbocycles. The van der Waals surface area contributed by atoms with E-state index in [1.165, 1.54) is 10.4 Å². The number of carbonyl (C=O) groups is 1. The quantitative estimate of drug-likeness (QED) is 0.539. The van der Waals surface area contributed by atoms with Gasteiger partial charge in [0.05, 0.1) is 10.9 Å². The third-order valence-corrected chi connectivity index (χ3v) is 7.14.